The molecule has 2 aromatic carbocycles. The Morgan fingerprint density at radius 1 is 1.25 bits per heavy atom. The van der Waals surface area contributed by atoms with Crippen molar-refractivity contribution in [1.29, 1.82) is 0 Å². The van der Waals surface area contributed by atoms with Gasteiger partial charge in [0.15, 0.2) is 11.7 Å². The fourth-order valence-electron chi connectivity index (χ4n) is 2.10. The van der Waals surface area contributed by atoms with Gasteiger partial charge in [-0.25, -0.2) is 0 Å². The highest BCUT2D eigenvalue weighted by atomic mass is 35.5. The topological polar surface area (TPSA) is 41.6 Å². The van der Waals surface area contributed by atoms with Gasteiger partial charge in [-0.2, -0.15) is 0 Å². The minimum Gasteiger partial charge on any atom is -0.483 e. The van der Waals surface area contributed by atoms with Crippen molar-refractivity contribution < 1.29 is 9.53 Å². The molecular formula is C18H19ClN2O2S. The Bertz CT molecular complexity index is 722. The number of thiocarbonyl (C=S) groups is 1. The molecule has 0 saturated heterocycles. The van der Waals surface area contributed by atoms with Crippen LogP contribution >= 0.6 is 23.8 Å². The minimum absolute atomic E-state index is 0.109. The quantitative estimate of drug-likeness (QED) is 0.826. The monoisotopic (exact) mass is 362 g/mol. The fraction of sp³-hybridized carbons (Fsp3) is 0.222. The number of hydrogen-bond acceptors (Lipinski definition) is 3. The Morgan fingerprint density at radius 2 is 1.96 bits per heavy atom. The van der Waals surface area contributed by atoms with Gasteiger partial charge in [0.1, 0.15) is 5.75 Å². The zero-order valence-electron chi connectivity index (χ0n) is 13.6. The van der Waals surface area contributed by atoms with Crippen molar-refractivity contribution >= 4 is 34.8 Å². The number of carbonyl (C=O) groups is 1. The molecule has 2 rings (SSSR count). The van der Waals surface area contributed by atoms with Crippen LogP contribution in [0, 0.1) is 6.92 Å². The fourth-order valence-corrected chi connectivity index (χ4v) is 2.50. The van der Waals surface area contributed by atoms with Crippen LogP contribution in [0.3, 0.4) is 0 Å². The summed E-state index contributed by atoms with van der Waals surface area (Å²) in [4.78, 5) is 13.8. The van der Waals surface area contributed by atoms with E-state index in [1.165, 1.54) is 0 Å². The highest BCUT2D eigenvalue weighted by molar-refractivity contribution is 7.80. The first-order valence-corrected chi connectivity index (χ1v) is 8.22. The SMILES string of the molecule is Cc1cc(Cl)ccc1OCC(=O)NC(=S)N(C)Cc1ccccc1. The van der Waals surface area contributed by atoms with Crippen LogP contribution in [0.5, 0.6) is 5.75 Å². The molecule has 0 spiro atoms. The molecule has 0 bridgehead atoms. The van der Waals surface area contributed by atoms with Gasteiger partial charge in [-0.05, 0) is 48.5 Å². The van der Waals surface area contributed by atoms with Crippen molar-refractivity contribution in [2.75, 3.05) is 13.7 Å². The second kappa shape index (κ2) is 8.66. The zero-order valence-corrected chi connectivity index (χ0v) is 15.2. The normalized spacial score (nSPS) is 10.1. The summed E-state index contributed by atoms with van der Waals surface area (Å²) in [5.41, 5.74) is 1.99. The molecule has 0 aromatic heterocycles. The van der Waals surface area contributed by atoms with Crippen molar-refractivity contribution in [3.05, 3.63) is 64.7 Å². The lowest BCUT2D eigenvalue weighted by Crippen LogP contribution is -2.42. The van der Waals surface area contributed by atoms with E-state index in [1.807, 2.05) is 44.3 Å². The van der Waals surface area contributed by atoms with Gasteiger partial charge in [0.05, 0.1) is 0 Å². The number of nitrogens with one attached hydrogen (secondary N) is 1. The van der Waals surface area contributed by atoms with Gasteiger partial charge in [0, 0.05) is 18.6 Å². The molecule has 2 aromatic rings. The molecule has 6 heteroatoms. The zero-order chi connectivity index (χ0) is 17.5. The Kier molecular flexibility index (Phi) is 6.58. The van der Waals surface area contributed by atoms with Crippen molar-refractivity contribution in [2.24, 2.45) is 0 Å². The number of benzene rings is 2. The third-order valence-corrected chi connectivity index (χ3v) is 4.00. The molecule has 0 aliphatic carbocycles. The number of rotatable bonds is 5. The number of hydrogen-bond donors (Lipinski definition) is 1. The number of halogens is 1. The molecule has 1 amide bonds. The molecular weight excluding hydrogens is 344 g/mol. The lowest BCUT2D eigenvalue weighted by molar-refractivity contribution is -0.121. The molecule has 24 heavy (non-hydrogen) atoms. The summed E-state index contributed by atoms with van der Waals surface area (Å²) in [5, 5.41) is 3.66. The van der Waals surface area contributed by atoms with Crippen LogP contribution in [0.15, 0.2) is 48.5 Å². The second-order valence-corrected chi connectivity index (χ2v) is 6.22. The summed E-state index contributed by atoms with van der Waals surface area (Å²) in [6.07, 6.45) is 0. The number of ether oxygens (including phenoxy) is 1. The first kappa shape index (κ1) is 18.2. The van der Waals surface area contributed by atoms with E-state index in [4.69, 9.17) is 28.6 Å². The minimum atomic E-state index is -0.297. The van der Waals surface area contributed by atoms with Crippen molar-refractivity contribution in [3.8, 4) is 5.75 Å². The molecule has 0 fully saturated rings. The van der Waals surface area contributed by atoms with Crippen LogP contribution in [-0.4, -0.2) is 29.6 Å². The van der Waals surface area contributed by atoms with Gasteiger partial charge in [-0.1, -0.05) is 41.9 Å². The van der Waals surface area contributed by atoms with E-state index in [2.05, 4.69) is 5.32 Å². The maximum atomic E-state index is 12.0. The lowest BCUT2D eigenvalue weighted by atomic mass is 10.2. The van der Waals surface area contributed by atoms with Gasteiger partial charge < -0.3 is 15.0 Å². The van der Waals surface area contributed by atoms with Gasteiger partial charge in [0.2, 0.25) is 0 Å². The maximum Gasteiger partial charge on any atom is 0.264 e. The average Bonchev–Trinajstić information content (AvgIpc) is 2.55. The number of nitrogens with zero attached hydrogens (tertiary/aromatic N) is 1. The van der Waals surface area contributed by atoms with Gasteiger partial charge in [-0.3, -0.25) is 4.79 Å². The van der Waals surface area contributed by atoms with Crippen LogP contribution in [0.2, 0.25) is 5.02 Å². The Labute approximate surface area is 152 Å². The molecule has 0 saturated carbocycles. The Hall–Kier alpha value is -2.11. The predicted octanol–water partition coefficient (Wildman–Crippen LogP) is 3.56. The summed E-state index contributed by atoms with van der Waals surface area (Å²) >= 11 is 11.1. The van der Waals surface area contributed by atoms with E-state index >= 15 is 0 Å². The van der Waals surface area contributed by atoms with E-state index in [9.17, 15) is 4.79 Å². The Balaban J connectivity index is 1.82. The van der Waals surface area contributed by atoms with Gasteiger partial charge in [-0.15, -0.1) is 0 Å². The third-order valence-electron chi connectivity index (χ3n) is 3.35. The van der Waals surface area contributed by atoms with Crippen LogP contribution in [0.1, 0.15) is 11.1 Å². The summed E-state index contributed by atoms with van der Waals surface area (Å²) in [7, 11) is 1.83. The average molecular weight is 363 g/mol. The Morgan fingerprint density at radius 3 is 2.62 bits per heavy atom. The molecule has 0 atom stereocenters. The van der Waals surface area contributed by atoms with Crippen molar-refractivity contribution in [2.45, 2.75) is 13.5 Å². The summed E-state index contributed by atoms with van der Waals surface area (Å²) in [6.45, 7) is 2.39. The highest BCUT2D eigenvalue weighted by Gasteiger charge is 2.11. The van der Waals surface area contributed by atoms with Gasteiger partial charge in [0.25, 0.3) is 5.91 Å². The van der Waals surface area contributed by atoms with Crippen LogP contribution in [0.4, 0.5) is 0 Å². The summed E-state index contributed by atoms with van der Waals surface area (Å²) < 4.78 is 5.50. The van der Waals surface area contributed by atoms with E-state index in [0.29, 0.717) is 22.4 Å². The van der Waals surface area contributed by atoms with Crippen molar-refractivity contribution in [3.63, 3.8) is 0 Å². The van der Waals surface area contributed by atoms with Gasteiger partial charge >= 0.3 is 0 Å². The highest BCUT2D eigenvalue weighted by Crippen LogP contribution is 2.21. The van der Waals surface area contributed by atoms with E-state index in [0.717, 1.165) is 11.1 Å². The molecule has 4 nitrogen and oxygen atoms in total. The summed E-state index contributed by atoms with van der Waals surface area (Å²) in [6, 6.07) is 15.2. The lowest BCUT2D eigenvalue weighted by Gasteiger charge is -2.20. The van der Waals surface area contributed by atoms with Crippen LogP contribution < -0.4 is 10.1 Å². The first-order chi connectivity index (χ1) is 11.5. The van der Waals surface area contributed by atoms with Crippen LogP contribution in [-0.2, 0) is 11.3 Å². The van der Waals surface area contributed by atoms with Crippen LogP contribution in [0.25, 0.3) is 0 Å². The third kappa shape index (κ3) is 5.51. The van der Waals surface area contributed by atoms with E-state index < -0.39 is 0 Å². The smallest absolute Gasteiger partial charge is 0.264 e. The molecule has 0 aliphatic rings. The molecule has 1 N–H and O–H groups in total. The molecule has 0 radical (unpaired) electrons. The predicted molar refractivity (Wildman–Crippen MR) is 100 cm³/mol. The summed E-state index contributed by atoms with van der Waals surface area (Å²) in [5.74, 6) is 0.326. The number of carbonyl (C=O) groups excluding carboxylic acids is 1. The van der Waals surface area contributed by atoms with Crippen molar-refractivity contribution in [1.82, 2.24) is 10.2 Å². The second-order valence-electron chi connectivity index (χ2n) is 5.39. The largest absolute Gasteiger partial charge is 0.483 e. The van der Waals surface area contributed by atoms with E-state index in [1.54, 1.807) is 23.1 Å². The molecule has 0 heterocycles. The molecule has 0 aliphatic heterocycles. The molecule has 126 valence electrons. The van der Waals surface area contributed by atoms with E-state index in [-0.39, 0.29) is 12.5 Å². The standard InChI is InChI=1S/C18H19ClN2O2S/c1-13-10-15(19)8-9-16(13)23-12-17(22)20-18(24)21(2)11-14-6-4-3-5-7-14/h3-10H,11-12H2,1-2H3,(H,20,22,24). The number of aryl methyl sites for hydroxylation is 1. The first-order valence-electron chi connectivity index (χ1n) is 7.43. The number of amides is 1. The molecule has 0 unspecified atom stereocenters. The maximum absolute atomic E-state index is 12.0.